The van der Waals surface area contributed by atoms with Crippen LogP contribution >= 0.6 is 0 Å². The quantitative estimate of drug-likeness (QED) is 0.545. The van der Waals surface area contributed by atoms with Crippen molar-refractivity contribution >= 4 is 0 Å². The Bertz CT molecular complexity index is 90.4. The van der Waals surface area contributed by atoms with Gasteiger partial charge in [-0.3, -0.25) is 0 Å². The minimum Gasteiger partial charge on any atom is -0.320 e. The Balaban J connectivity index is 3.64. The van der Waals surface area contributed by atoms with Gasteiger partial charge in [0.2, 0.25) is 0 Å². The number of nitrogens with two attached hydrogens (primary N) is 1. The van der Waals surface area contributed by atoms with E-state index in [0.29, 0.717) is 5.57 Å². The van der Waals surface area contributed by atoms with E-state index in [4.69, 9.17) is 5.73 Å². The lowest BCUT2D eigenvalue weighted by atomic mass is 10.2. The molecule has 0 aliphatic rings. The monoisotopic (exact) mass is 121 g/mol. The van der Waals surface area contributed by atoms with E-state index >= 15 is 0 Å². The largest absolute Gasteiger partial charge is 0.320 e. The zero-order valence-corrected chi connectivity index (χ0v) is 4.70. The van der Waals surface area contributed by atoms with Crippen molar-refractivity contribution in [3.63, 3.8) is 0 Å². The third kappa shape index (κ3) is 2.02. The maximum atomic E-state index is 11.5. The highest BCUT2D eigenvalue weighted by Crippen LogP contribution is 2.04. The van der Waals surface area contributed by atoms with E-state index in [9.17, 15) is 8.78 Å². The average molecular weight is 121 g/mol. The molecule has 0 radical (unpaired) electrons. The van der Waals surface area contributed by atoms with Crippen LogP contribution in [-0.4, -0.2) is 12.5 Å². The summed E-state index contributed by atoms with van der Waals surface area (Å²) in [5.74, 6) is 0. The van der Waals surface area contributed by atoms with Gasteiger partial charge in [-0.15, -0.1) is 0 Å². The summed E-state index contributed by atoms with van der Waals surface area (Å²) in [5, 5.41) is 0. The standard InChI is InChI=1S/C5H9F2N/c1-3(2)4(8)5(6)7/h4-5H,1,8H2,2H3. The Labute approximate surface area is 47.2 Å². The minimum absolute atomic E-state index is 0.319. The van der Waals surface area contributed by atoms with Gasteiger partial charge in [-0.1, -0.05) is 12.2 Å². The van der Waals surface area contributed by atoms with Crippen LogP contribution in [-0.2, 0) is 0 Å². The lowest BCUT2D eigenvalue weighted by molar-refractivity contribution is 0.129. The molecule has 0 aliphatic carbocycles. The topological polar surface area (TPSA) is 26.0 Å². The molecule has 8 heavy (non-hydrogen) atoms. The maximum absolute atomic E-state index is 11.5. The zero-order chi connectivity index (χ0) is 6.73. The van der Waals surface area contributed by atoms with Crippen LogP contribution in [0.3, 0.4) is 0 Å². The summed E-state index contributed by atoms with van der Waals surface area (Å²) in [7, 11) is 0. The molecular weight excluding hydrogens is 112 g/mol. The molecule has 3 heteroatoms. The highest BCUT2D eigenvalue weighted by atomic mass is 19.3. The fourth-order valence-corrected chi connectivity index (χ4v) is 0.215. The van der Waals surface area contributed by atoms with Gasteiger partial charge < -0.3 is 5.73 Å². The summed E-state index contributed by atoms with van der Waals surface area (Å²) in [6, 6.07) is -1.16. The summed E-state index contributed by atoms with van der Waals surface area (Å²) in [6.07, 6.45) is -2.48. The summed E-state index contributed by atoms with van der Waals surface area (Å²) in [4.78, 5) is 0. The van der Waals surface area contributed by atoms with Crippen LogP contribution in [0.4, 0.5) is 8.78 Å². The third-order valence-corrected chi connectivity index (χ3v) is 0.841. The van der Waals surface area contributed by atoms with Crippen molar-refractivity contribution in [2.45, 2.75) is 19.4 Å². The van der Waals surface area contributed by atoms with Crippen LogP contribution in [0.5, 0.6) is 0 Å². The minimum atomic E-state index is -2.48. The average Bonchev–Trinajstić information content (AvgIpc) is 1.64. The molecule has 0 fully saturated rings. The second-order valence-corrected chi connectivity index (χ2v) is 1.71. The van der Waals surface area contributed by atoms with Crippen molar-refractivity contribution in [3.8, 4) is 0 Å². The van der Waals surface area contributed by atoms with Crippen molar-refractivity contribution in [2.24, 2.45) is 5.73 Å². The fraction of sp³-hybridized carbons (Fsp3) is 0.600. The van der Waals surface area contributed by atoms with E-state index in [-0.39, 0.29) is 0 Å². The summed E-state index contributed by atoms with van der Waals surface area (Å²) >= 11 is 0. The lowest BCUT2D eigenvalue weighted by Gasteiger charge is -2.07. The highest BCUT2D eigenvalue weighted by Gasteiger charge is 2.14. The Kier molecular flexibility index (Phi) is 2.62. The fourth-order valence-electron chi connectivity index (χ4n) is 0.215. The first kappa shape index (κ1) is 7.56. The first-order valence-electron chi connectivity index (χ1n) is 2.25. The van der Waals surface area contributed by atoms with Gasteiger partial charge in [-0.25, -0.2) is 8.78 Å². The van der Waals surface area contributed by atoms with Gasteiger partial charge in [-0.2, -0.15) is 0 Å². The molecule has 1 unspecified atom stereocenters. The summed E-state index contributed by atoms with van der Waals surface area (Å²) < 4.78 is 23.0. The van der Waals surface area contributed by atoms with Crippen LogP contribution < -0.4 is 5.73 Å². The molecule has 1 nitrogen and oxygen atoms in total. The first-order valence-corrected chi connectivity index (χ1v) is 2.25. The molecule has 0 heterocycles. The SMILES string of the molecule is C=C(C)C(N)C(F)F. The second kappa shape index (κ2) is 2.77. The molecule has 0 amide bonds. The molecular formula is C5H9F2N. The Morgan fingerprint density at radius 2 is 2.00 bits per heavy atom. The molecule has 0 aromatic heterocycles. The van der Waals surface area contributed by atoms with E-state index in [0.717, 1.165) is 0 Å². The van der Waals surface area contributed by atoms with Gasteiger partial charge in [0.15, 0.2) is 0 Å². The lowest BCUT2D eigenvalue weighted by Crippen LogP contribution is -2.29. The van der Waals surface area contributed by atoms with E-state index in [1.807, 2.05) is 0 Å². The van der Waals surface area contributed by atoms with Crippen LogP contribution in [0.25, 0.3) is 0 Å². The number of hydrogen-bond acceptors (Lipinski definition) is 1. The highest BCUT2D eigenvalue weighted by molar-refractivity contribution is 5.00. The van der Waals surface area contributed by atoms with Gasteiger partial charge >= 0.3 is 0 Å². The normalized spacial score (nSPS) is 14.1. The Morgan fingerprint density at radius 3 is 2.00 bits per heavy atom. The van der Waals surface area contributed by atoms with E-state index in [1.54, 1.807) is 0 Å². The Hall–Kier alpha value is -0.440. The molecule has 0 saturated heterocycles. The molecule has 0 bridgehead atoms. The first-order chi connectivity index (χ1) is 3.55. The van der Waals surface area contributed by atoms with Crippen LogP contribution in [0.2, 0.25) is 0 Å². The summed E-state index contributed by atoms with van der Waals surface area (Å²) in [5.41, 5.74) is 5.23. The number of rotatable bonds is 2. The molecule has 0 aliphatic heterocycles. The van der Waals surface area contributed by atoms with Crippen molar-refractivity contribution < 1.29 is 8.78 Å². The number of halogens is 2. The van der Waals surface area contributed by atoms with Gasteiger partial charge in [0, 0.05) is 0 Å². The van der Waals surface area contributed by atoms with Gasteiger partial charge in [0.1, 0.15) is 0 Å². The second-order valence-electron chi connectivity index (χ2n) is 1.71. The smallest absolute Gasteiger partial charge is 0.257 e. The molecule has 0 rings (SSSR count). The predicted octanol–water partition coefficient (Wildman–Crippen LogP) is 1.15. The maximum Gasteiger partial charge on any atom is 0.257 e. The predicted molar refractivity (Wildman–Crippen MR) is 28.8 cm³/mol. The molecule has 0 aromatic carbocycles. The molecule has 0 saturated carbocycles. The van der Waals surface area contributed by atoms with Crippen LogP contribution in [0.1, 0.15) is 6.92 Å². The van der Waals surface area contributed by atoms with E-state index in [1.165, 1.54) is 6.92 Å². The van der Waals surface area contributed by atoms with Crippen molar-refractivity contribution in [2.75, 3.05) is 0 Å². The Morgan fingerprint density at radius 1 is 1.62 bits per heavy atom. The molecule has 0 spiro atoms. The van der Waals surface area contributed by atoms with Crippen LogP contribution in [0, 0.1) is 0 Å². The third-order valence-electron chi connectivity index (χ3n) is 0.841. The molecule has 1 atom stereocenters. The van der Waals surface area contributed by atoms with Gasteiger partial charge in [0.25, 0.3) is 6.43 Å². The van der Waals surface area contributed by atoms with Crippen molar-refractivity contribution in [3.05, 3.63) is 12.2 Å². The van der Waals surface area contributed by atoms with Crippen molar-refractivity contribution in [1.82, 2.24) is 0 Å². The van der Waals surface area contributed by atoms with Crippen molar-refractivity contribution in [1.29, 1.82) is 0 Å². The van der Waals surface area contributed by atoms with E-state index < -0.39 is 12.5 Å². The molecule has 0 aromatic rings. The summed E-state index contributed by atoms with van der Waals surface area (Å²) in [6.45, 7) is 4.75. The zero-order valence-electron chi connectivity index (χ0n) is 4.70. The molecule has 2 N–H and O–H groups in total. The van der Waals surface area contributed by atoms with Crippen LogP contribution in [0.15, 0.2) is 12.2 Å². The number of alkyl halides is 2. The molecule has 48 valence electrons. The van der Waals surface area contributed by atoms with Gasteiger partial charge in [-0.05, 0) is 6.92 Å². The van der Waals surface area contributed by atoms with E-state index in [2.05, 4.69) is 6.58 Å². The number of hydrogen-bond donors (Lipinski definition) is 1. The van der Waals surface area contributed by atoms with Gasteiger partial charge in [0.05, 0.1) is 6.04 Å².